The molecule has 0 rings (SSSR count). The van der Waals surface area contributed by atoms with Gasteiger partial charge >= 0.3 is 39.5 Å². The van der Waals surface area contributed by atoms with Crippen molar-refractivity contribution in [2.45, 2.75) is 341 Å². The van der Waals surface area contributed by atoms with Gasteiger partial charge in [-0.05, 0) is 122 Å². The maximum absolute atomic E-state index is 13.1. The van der Waals surface area contributed by atoms with Crippen molar-refractivity contribution in [2.24, 2.45) is 0 Å². The molecule has 5 unspecified atom stereocenters. The van der Waals surface area contributed by atoms with Crippen LogP contribution in [0, 0.1) is 0 Å². The maximum atomic E-state index is 13.1. The average molecular weight is 1450 g/mol. The Morgan fingerprint density at radius 1 is 0.290 bits per heavy atom. The summed E-state index contributed by atoms with van der Waals surface area (Å²) >= 11 is 0. The number of phosphoric ester groups is 2. The van der Waals surface area contributed by atoms with Crippen LogP contribution in [0.15, 0.2) is 109 Å². The van der Waals surface area contributed by atoms with Crippen molar-refractivity contribution in [2.75, 3.05) is 39.6 Å². The van der Waals surface area contributed by atoms with Crippen molar-refractivity contribution in [1.29, 1.82) is 0 Å². The fraction of sp³-hybridized carbons (Fsp3) is 0.728. The number of esters is 4. The minimum Gasteiger partial charge on any atom is -0.462 e. The molecule has 0 radical (unpaired) electrons. The van der Waals surface area contributed by atoms with Gasteiger partial charge in [0, 0.05) is 25.7 Å². The van der Waals surface area contributed by atoms with Gasteiger partial charge in [0.1, 0.15) is 19.3 Å². The van der Waals surface area contributed by atoms with E-state index in [4.69, 9.17) is 37.0 Å². The molecular formula is C81H140O17P2. The molecule has 0 aliphatic heterocycles. The van der Waals surface area contributed by atoms with Crippen LogP contribution in [-0.2, 0) is 65.4 Å². The molecule has 0 heterocycles. The number of rotatable bonds is 73. The predicted octanol–water partition coefficient (Wildman–Crippen LogP) is 22.6. The first-order chi connectivity index (χ1) is 48.7. The lowest BCUT2D eigenvalue weighted by Crippen LogP contribution is -2.30. The lowest BCUT2D eigenvalue weighted by atomic mass is 10.0. The lowest BCUT2D eigenvalue weighted by Gasteiger charge is -2.21. The van der Waals surface area contributed by atoms with Crippen molar-refractivity contribution in [3.8, 4) is 0 Å². The second kappa shape index (κ2) is 73.0. The number of hydrogen-bond acceptors (Lipinski definition) is 15. The van der Waals surface area contributed by atoms with Gasteiger partial charge in [0.15, 0.2) is 12.2 Å². The smallest absolute Gasteiger partial charge is 0.462 e. The van der Waals surface area contributed by atoms with Crippen LogP contribution in [0.3, 0.4) is 0 Å². The summed E-state index contributed by atoms with van der Waals surface area (Å²) in [6.07, 6.45) is 77.9. The van der Waals surface area contributed by atoms with E-state index in [0.717, 1.165) is 180 Å². The molecule has 0 spiro atoms. The summed E-state index contributed by atoms with van der Waals surface area (Å²) in [5, 5.41) is 10.6. The van der Waals surface area contributed by atoms with E-state index < -0.39 is 97.5 Å². The second-order valence-electron chi connectivity index (χ2n) is 25.9. The molecule has 0 aromatic rings. The Kier molecular flexibility index (Phi) is 69.9. The molecular weight excluding hydrogens is 1310 g/mol. The van der Waals surface area contributed by atoms with E-state index in [1.165, 1.54) is 64.2 Å². The molecule has 0 aromatic carbocycles. The number of carbonyl (C=O) groups excluding carboxylic acids is 4. The summed E-state index contributed by atoms with van der Waals surface area (Å²) in [5.74, 6) is -2.24. The third-order valence-corrected chi connectivity index (χ3v) is 18.1. The fourth-order valence-electron chi connectivity index (χ4n) is 10.3. The highest BCUT2D eigenvalue weighted by Crippen LogP contribution is 2.45. The number of ether oxygens (including phenoxy) is 4. The molecule has 100 heavy (non-hydrogen) atoms. The highest BCUT2D eigenvalue weighted by molar-refractivity contribution is 7.47. The molecule has 0 amide bonds. The van der Waals surface area contributed by atoms with Crippen LogP contribution >= 0.6 is 15.6 Å². The summed E-state index contributed by atoms with van der Waals surface area (Å²) < 4.78 is 68.5. The van der Waals surface area contributed by atoms with Crippen LogP contribution in [0.25, 0.3) is 0 Å². The molecule has 3 N–H and O–H groups in total. The second-order valence-corrected chi connectivity index (χ2v) is 28.8. The molecule has 17 nitrogen and oxygen atoms in total. The Morgan fingerprint density at radius 2 is 0.540 bits per heavy atom. The molecule has 5 atom stereocenters. The fourth-order valence-corrected chi connectivity index (χ4v) is 11.9. The molecule has 0 fully saturated rings. The third-order valence-electron chi connectivity index (χ3n) is 16.2. The van der Waals surface area contributed by atoms with Gasteiger partial charge in [-0.1, -0.05) is 285 Å². The van der Waals surface area contributed by atoms with Gasteiger partial charge < -0.3 is 33.8 Å². The van der Waals surface area contributed by atoms with E-state index in [0.29, 0.717) is 25.7 Å². The molecule has 0 saturated heterocycles. The van der Waals surface area contributed by atoms with E-state index in [9.17, 15) is 43.2 Å². The monoisotopic (exact) mass is 1450 g/mol. The number of unbranched alkanes of at least 4 members (excludes halogenated alkanes) is 29. The van der Waals surface area contributed by atoms with E-state index in [-0.39, 0.29) is 25.7 Å². The molecule has 0 saturated carbocycles. The minimum atomic E-state index is -4.99. The van der Waals surface area contributed by atoms with E-state index in [2.05, 4.69) is 137 Å². The number of hydrogen-bond donors (Lipinski definition) is 3. The van der Waals surface area contributed by atoms with E-state index >= 15 is 0 Å². The predicted molar refractivity (Wildman–Crippen MR) is 408 cm³/mol. The van der Waals surface area contributed by atoms with Gasteiger partial charge in [-0.15, -0.1) is 0 Å². The Hall–Kier alpha value is -4.28. The van der Waals surface area contributed by atoms with Crippen LogP contribution < -0.4 is 0 Å². The quantitative estimate of drug-likeness (QED) is 0.0169. The average Bonchev–Trinajstić information content (AvgIpc) is 0.937. The number of phosphoric acid groups is 2. The number of aliphatic hydroxyl groups is 1. The normalized spacial score (nSPS) is 14.5. The summed E-state index contributed by atoms with van der Waals surface area (Å²) in [6.45, 7) is 4.54. The number of allylic oxidation sites excluding steroid dienone is 18. The van der Waals surface area contributed by atoms with Crippen molar-refractivity contribution in [3.05, 3.63) is 109 Å². The maximum Gasteiger partial charge on any atom is 0.472 e. The van der Waals surface area contributed by atoms with Gasteiger partial charge in [-0.3, -0.25) is 37.3 Å². The van der Waals surface area contributed by atoms with Gasteiger partial charge in [0.2, 0.25) is 0 Å². The molecule has 0 aromatic heterocycles. The van der Waals surface area contributed by atoms with Crippen molar-refractivity contribution < 1.29 is 80.2 Å². The summed E-state index contributed by atoms with van der Waals surface area (Å²) in [7, 11) is -9.97. The zero-order valence-electron chi connectivity index (χ0n) is 62.8. The van der Waals surface area contributed by atoms with Gasteiger partial charge in [0.25, 0.3) is 0 Å². The van der Waals surface area contributed by atoms with Crippen LogP contribution in [0.1, 0.15) is 323 Å². The highest BCUT2D eigenvalue weighted by Gasteiger charge is 2.30. The topological polar surface area (TPSA) is 237 Å². The van der Waals surface area contributed by atoms with Crippen LogP contribution in [-0.4, -0.2) is 96.7 Å². The van der Waals surface area contributed by atoms with E-state index in [1.54, 1.807) is 0 Å². The summed E-state index contributed by atoms with van der Waals surface area (Å²) in [6, 6.07) is 0. The van der Waals surface area contributed by atoms with E-state index in [1.807, 2.05) is 0 Å². The first-order valence-corrected chi connectivity index (χ1v) is 42.1. The molecule has 0 aliphatic carbocycles. The molecule has 576 valence electrons. The standard InChI is InChI=1S/C81H140O17P2/c1-5-9-13-17-21-25-29-33-36-37-40-43-46-50-54-58-62-66-79(84)92-72-77(98-81(86)68-64-60-56-52-48-44-39-35-31-27-23-19-15-11-7-3)74-96-100(89,90)94-70-75(82)69-93-99(87,88)95-73-76(97-80(85)67-63-59-55-51-47-41-32-28-24-20-16-12-8-4)71-91-78(83)65-61-57-53-49-45-42-38-34-30-26-22-18-14-10-6-2/h9-10,13-14,16,20-22,25-26,28,32-34,36,38,45,49,75-77,82H,5-8,11-12,15,17-19,23-24,27,29-31,35,37,39-44,46-48,50-74H2,1-4H3,(H,87,88)(H,89,90)/b13-9-,14-10-,20-16-,25-21-,26-22-,32-28-,36-33-,38-34-,49-45-. The number of aliphatic hydroxyl groups excluding tert-OH is 1. The Labute approximate surface area is 607 Å². The third kappa shape index (κ3) is 72.1. The van der Waals surface area contributed by atoms with Crippen LogP contribution in [0.4, 0.5) is 0 Å². The largest absolute Gasteiger partial charge is 0.472 e. The Balaban J connectivity index is 5.38. The van der Waals surface area contributed by atoms with Gasteiger partial charge in [-0.25, -0.2) is 9.13 Å². The Bertz CT molecular complexity index is 2320. The van der Waals surface area contributed by atoms with Crippen LogP contribution in [0.5, 0.6) is 0 Å². The van der Waals surface area contributed by atoms with Crippen molar-refractivity contribution in [1.82, 2.24) is 0 Å². The summed E-state index contributed by atoms with van der Waals surface area (Å²) in [4.78, 5) is 72.9. The van der Waals surface area contributed by atoms with Crippen molar-refractivity contribution in [3.63, 3.8) is 0 Å². The number of carbonyl (C=O) groups is 4. The lowest BCUT2D eigenvalue weighted by molar-refractivity contribution is -0.161. The van der Waals surface area contributed by atoms with Gasteiger partial charge in [0.05, 0.1) is 26.4 Å². The highest BCUT2D eigenvalue weighted by atomic mass is 31.2. The zero-order chi connectivity index (χ0) is 73.2. The molecule has 0 bridgehead atoms. The van der Waals surface area contributed by atoms with Gasteiger partial charge in [-0.2, -0.15) is 0 Å². The zero-order valence-corrected chi connectivity index (χ0v) is 64.6. The Morgan fingerprint density at radius 3 is 0.860 bits per heavy atom. The first kappa shape index (κ1) is 95.7. The van der Waals surface area contributed by atoms with Crippen LogP contribution in [0.2, 0.25) is 0 Å². The first-order valence-electron chi connectivity index (χ1n) is 39.1. The molecule has 0 aliphatic rings. The SMILES string of the molecule is CC/C=C\C/C=C\C/C=C\C/C=C\CCCCC(=O)OCC(COP(=O)(O)OCC(O)COP(=O)(O)OCC(COC(=O)CCCCCCCCC/C=C\C/C=C\C/C=C\CC)OC(=O)CCCCCCCCCCCCCCCCC)OC(=O)CCCCCCC/C=C\C/C=C\CCC. The summed E-state index contributed by atoms with van der Waals surface area (Å²) in [5.41, 5.74) is 0. The molecule has 19 heteroatoms. The minimum absolute atomic E-state index is 0.0687. The van der Waals surface area contributed by atoms with Crippen molar-refractivity contribution >= 4 is 39.5 Å².